The third-order valence-electron chi connectivity index (χ3n) is 3.09. The third kappa shape index (κ3) is 4.29. The normalized spacial score (nSPS) is 11.5. The molecule has 0 aliphatic rings. The van der Waals surface area contributed by atoms with E-state index in [1.54, 1.807) is 0 Å². The number of fused-ring (bicyclic) bond motifs is 1. The van der Waals surface area contributed by atoms with E-state index in [1.807, 2.05) is 32.0 Å². The van der Waals surface area contributed by atoms with Gasteiger partial charge in [-0.3, -0.25) is 4.79 Å². The highest BCUT2D eigenvalue weighted by Crippen LogP contribution is 2.23. The van der Waals surface area contributed by atoms with Crippen molar-refractivity contribution in [1.29, 1.82) is 0 Å². The van der Waals surface area contributed by atoms with E-state index in [4.69, 9.17) is 4.42 Å². The Bertz CT molecular complexity index is 617. The molecule has 0 spiro atoms. The summed E-state index contributed by atoms with van der Waals surface area (Å²) < 4.78 is 5.65. The topological polar surface area (TPSA) is 67.2 Å². The Labute approximate surface area is 125 Å². The fourth-order valence-corrected chi connectivity index (χ4v) is 1.97. The number of nitrogens with one attached hydrogen (secondary N) is 2. The Morgan fingerprint density at radius 3 is 2.71 bits per heavy atom. The molecule has 0 bridgehead atoms. The first-order chi connectivity index (χ1) is 9.95. The Morgan fingerprint density at radius 1 is 1.29 bits per heavy atom. The van der Waals surface area contributed by atoms with Crippen molar-refractivity contribution in [3.05, 3.63) is 24.1 Å². The highest BCUT2D eigenvalue weighted by Gasteiger charge is 2.10. The molecule has 0 saturated carbocycles. The summed E-state index contributed by atoms with van der Waals surface area (Å²) in [4.78, 5) is 16.3. The lowest BCUT2D eigenvalue weighted by atomic mass is 10.2. The van der Waals surface area contributed by atoms with Gasteiger partial charge in [-0.1, -0.05) is 27.7 Å². The van der Waals surface area contributed by atoms with Crippen molar-refractivity contribution in [2.75, 3.05) is 11.9 Å². The van der Waals surface area contributed by atoms with E-state index in [1.165, 1.54) is 0 Å². The van der Waals surface area contributed by atoms with E-state index >= 15 is 0 Å². The van der Waals surface area contributed by atoms with Crippen LogP contribution in [0.25, 0.3) is 11.1 Å². The zero-order valence-electron chi connectivity index (χ0n) is 13.1. The predicted molar refractivity (Wildman–Crippen MR) is 84.5 cm³/mol. The second-order valence-corrected chi connectivity index (χ2v) is 5.80. The molecule has 2 N–H and O–H groups in total. The van der Waals surface area contributed by atoms with Crippen LogP contribution in [0.2, 0.25) is 0 Å². The lowest BCUT2D eigenvalue weighted by molar-refractivity contribution is -0.116. The molecule has 0 radical (unpaired) electrons. The maximum Gasteiger partial charge on any atom is 0.225 e. The van der Waals surface area contributed by atoms with Gasteiger partial charge in [-0.15, -0.1) is 0 Å². The summed E-state index contributed by atoms with van der Waals surface area (Å²) in [5, 5.41) is 6.11. The van der Waals surface area contributed by atoms with Gasteiger partial charge >= 0.3 is 0 Å². The Morgan fingerprint density at radius 2 is 2.05 bits per heavy atom. The van der Waals surface area contributed by atoms with Crippen LogP contribution < -0.4 is 10.6 Å². The molecule has 0 saturated heterocycles. The van der Waals surface area contributed by atoms with E-state index < -0.39 is 0 Å². The summed E-state index contributed by atoms with van der Waals surface area (Å²) >= 11 is 0. The van der Waals surface area contributed by atoms with E-state index in [0.29, 0.717) is 19.0 Å². The van der Waals surface area contributed by atoms with Gasteiger partial charge < -0.3 is 15.1 Å². The molecule has 2 rings (SSSR count). The summed E-state index contributed by atoms with van der Waals surface area (Å²) in [5.41, 5.74) is 2.27. The molecule has 5 nitrogen and oxygen atoms in total. The van der Waals surface area contributed by atoms with Crippen molar-refractivity contribution >= 4 is 22.7 Å². The van der Waals surface area contributed by atoms with Gasteiger partial charge in [0.2, 0.25) is 5.91 Å². The van der Waals surface area contributed by atoms with Crippen LogP contribution in [-0.4, -0.2) is 23.5 Å². The Kier molecular flexibility index (Phi) is 4.96. The monoisotopic (exact) mass is 289 g/mol. The van der Waals surface area contributed by atoms with Crippen LogP contribution in [-0.2, 0) is 4.79 Å². The smallest absolute Gasteiger partial charge is 0.225 e. The number of hydrogen-bond donors (Lipinski definition) is 2. The number of oxazole rings is 1. The summed E-state index contributed by atoms with van der Waals surface area (Å²) in [5.74, 6) is 0.960. The van der Waals surface area contributed by atoms with Crippen molar-refractivity contribution in [2.45, 2.75) is 46.1 Å². The molecule has 1 amide bonds. The number of amides is 1. The number of benzene rings is 1. The number of rotatable bonds is 6. The molecule has 5 heteroatoms. The van der Waals surface area contributed by atoms with Crippen LogP contribution in [0.4, 0.5) is 5.69 Å². The van der Waals surface area contributed by atoms with E-state index in [-0.39, 0.29) is 11.8 Å². The van der Waals surface area contributed by atoms with Gasteiger partial charge in [-0.25, -0.2) is 4.98 Å². The number of carbonyl (C=O) groups excluding carboxylic acids is 1. The average molecular weight is 289 g/mol. The molecule has 0 aliphatic carbocycles. The zero-order valence-corrected chi connectivity index (χ0v) is 13.1. The summed E-state index contributed by atoms with van der Waals surface area (Å²) in [6.07, 6.45) is 0.451. The van der Waals surface area contributed by atoms with Crippen LogP contribution in [0, 0.1) is 0 Å². The van der Waals surface area contributed by atoms with E-state index in [9.17, 15) is 4.79 Å². The minimum Gasteiger partial charge on any atom is -0.440 e. The van der Waals surface area contributed by atoms with Crippen LogP contribution in [0.1, 0.15) is 45.9 Å². The number of aromatic nitrogens is 1. The standard InChI is InChI=1S/C16H23N3O2/c1-10(2)16-19-13-9-12(5-6-14(13)21-16)18-15(20)7-8-17-11(3)4/h5-6,9-11,17H,7-8H2,1-4H3,(H,18,20). The van der Waals surface area contributed by atoms with Gasteiger partial charge in [0, 0.05) is 30.6 Å². The van der Waals surface area contributed by atoms with Gasteiger partial charge in [0.25, 0.3) is 0 Å². The summed E-state index contributed by atoms with van der Waals surface area (Å²) in [6, 6.07) is 5.92. The second-order valence-electron chi connectivity index (χ2n) is 5.80. The molecule has 0 atom stereocenters. The van der Waals surface area contributed by atoms with Crippen LogP contribution in [0.5, 0.6) is 0 Å². The van der Waals surface area contributed by atoms with Gasteiger partial charge in [0.05, 0.1) is 0 Å². The van der Waals surface area contributed by atoms with Gasteiger partial charge in [0.1, 0.15) is 5.52 Å². The number of carbonyl (C=O) groups is 1. The minimum absolute atomic E-state index is 0.00456. The molecular formula is C16H23N3O2. The maximum absolute atomic E-state index is 11.8. The zero-order chi connectivity index (χ0) is 15.4. The van der Waals surface area contributed by atoms with Gasteiger partial charge in [-0.2, -0.15) is 0 Å². The second kappa shape index (κ2) is 6.72. The predicted octanol–water partition coefficient (Wildman–Crippen LogP) is 3.28. The maximum atomic E-state index is 11.8. The molecule has 0 aliphatic heterocycles. The van der Waals surface area contributed by atoms with Gasteiger partial charge in [-0.05, 0) is 18.2 Å². The molecule has 1 heterocycles. The molecule has 114 valence electrons. The Hall–Kier alpha value is -1.88. The average Bonchev–Trinajstić information content (AvgIpc) is 2.81. The van der Waals surface area contributed by atoms with Crippen molar-refractivity contribution in [1.82, 2.24) is 10.3 Å². The third-order valence-corrected chi connectivity index (χ3v) is 3.09. The Balaban J connectivity index is 2.00. The highest BCUT2D eigenvalue weighted by molar-refractivity contribution is 5.92. The molecule has 0 unspecified atom stereocenters. The fourth-order valence-electron chi connectivity index (χ4n) is 1.97. The van der Waals surface area contributed by atoms with Crippen molar-refractivity contribution in [3.63, 3.8) is 0 Å². The molecule has 0 fully saturated rings. The van der Waals surface area contributed by atoms with E-state index in [0.717, 1.165) is 22.7 Å². The quantitative estimate of drug-likeness (QED) is 0.856. The largest absolute Gasteiger partial charge is 0.440 e. The first-order valence-electron chi connectivity index (χ1n) is 7.39. The fraction of sp³-hybridized carbons (Fsp3) is 0.500. The number of nitrogens with zero attached hydrogens (tertiary/aromatic N) is 1. The van der Waals surface area contributed by atoms with Gasteiger partial charge in [0.15, 0.2) is 11.5 Å². The highest BCUT2D eigenvalue weighted by atomic mass is 16.3. The van der Waals surface area contributed by atoms with Crippen molar-refractivity contribution in [2.24, 2.45) is 0 Å². The lowest BCUT2D eigenvalue weighted by Crippen LogP contribution is -2.27. The number of anilines is 1. The molecule has 2 aromatic rings. The minimum atomic E-state index is -0.00456. The van der Waals surface area contributed by atoms with E-state index in [2.05, 4.69) is 29.5 Å². The first-order valence-corrected chi connectivity index (χ1v) is 7.39. The van der Waals surface area contributed by atoms with Crippen LogP contribution in [0.15, 0.2) is 22.6 Å². The van der Waals surface area contributed by atoms with Crippen LogP contribution in [0.3, 0.4) is 0 Å². The molecule has 1 aromatic heterocycles. The summed E-state index contributed by atoms with van der Waals surface area (Å²) in [7, 11) is 0. The number of hydrogen-bond acceptors (Lipinski definition) is 4. The SMILES string of the molecule is CC(C)NCCC(=O)Nc1ccc2oc(C(C)C)nc2c1. The lowest BCUT2D eigenvalue weighted by Gasteiger charge is -2.08. The van der Waals surface area contributed by atoms with Crippen LogP contribution >= 0.6 is 0 Å². The van der Waals surface area contributed by atoms with Crippen molar-refractivity contribution in [3.8, 4) is 0 Å². The molecule has 21 heavy (non-hydrogen) atoms. The van der Waals surface area contributed by atoms with Crippen molar-refractivity contribution < 1.29 is 9.21 Å². The first kappa shape index (κ1) is 15.5. The molecule has 1 aromatic carbocycles. The summed E-state index contributed by atoms with van der Waals surface area (Å²) in [6.45, 7) is 8.86. The molecular weight excluding hydrogens is 266 g/mol.